The fourth-order valence-electron chi connectivity index (χ4n) is 2.91. The van der Waals surface area contributed by atoms with Gasteiger partial charge in [-0.25, -0.2) is 9.97 Å². The first-order valence-corrected chi connectivity index (χ1v) is 8.03. The summed E-state index contributed by atoms with van der Waals surface area (Å²) in [6, 6.07) is 10.6. The Bertz CT molecular complexity index is 630. The fraction of sp³-hybridized carbons (Fsp3) is 0.444. The van der Waals surface area contributed by atoms with E-state index in [0.717, 1.165) is 37.8 Å². The van der Waals surface area contributed by atoms with E-state index in [0.29, 0.717) is 5.92 Å². The van der Waals surface area contributed by atoms with Crippen LogP contribution in [-0.2, 0) is 0 Å². The van der Waals surface area contributed by atoms with Crippen LogP contribution in [-0.4, -0.2) is 36.1 Å². The van der Waals surface area contributed by atoms with Crippen molar-refractivity contribution in [2.45, 2.75) is 26.7 Å². The molecule has 2 heterocycles. The summed E-state index contributed by atoms with van der Waals surface area (Å²) < 4.78 is 0. The Hall–Kier alpha value is -2.10. The van der Waals surface area contributed by atoms with Gasteiger partial charge in [-0.3, -0.25) is 0 Å². The molecule has 3 rings (SSSR count). The molecule has 116 valence electrons. The van der Waals surface area contributed by atoms with Crippen LogP contribution < -0.4 is 9.80 Å². The van der Waals surface area contributed by atoms with Crippen LogP contribution in [0.3, 0.4) is 0 Å². The van der Waals surface area contributed by atoms with Gasteiger partial charge in [-0.05, 0) is 24.6 Å². The maximum absolute atomic E-state index is 4.71. The van der Waals surface area contributed by atoms with Crippen molar-refractivity contribution in [2.75, 3.05) is 36.0 Å². The summed E-state index contributed by atoms with van der Waals surface area (Å²) in [7, 11) is 0. The van der Waals surface area contributed by atoms with E-state index >= 15 is 0 Å². The number of nitrogens with zero attached hydrogens (tertiary/aromatic N) is 4. The molecule has 1 aliphatic heterocycles. The lowest BCUT2D eigenvalue weighted by Crippen LogP contribution is -2.47. The number of hydrogen-bond acceptors (Lipinski definition) is 4. The second kappa shape index (κ2) is 6.34. The molecule has 0 spiro atoms. The van der Waals surface area contributed by atoms with E-state index in [1.165, 1.54) is 11.3 Å². The number of hydrogen-bond donors (Lipinski definition) is 0. The van der Waals surface area contributed by atoms with Gasteiger partial charge >= 0.3 is 0 Å². The number of rotatable bonds is 3. The van der Waals surface area contributed by atoms with E-state index in [2.05, 4.69) is 59.8 Å². The summed E-state index contributed by atoms with van der Waals surface area (Å²) in [5.41, 5.74) is 2.70. The van der Waals surface area contributed by atoms with Crippen molar-refractivity contribution < 1.29 is 0 Å². The third kappa shape index (κ3) is 3.06. The number of anilines is 2. The highest BCUT2D eigenvalue weighted by Crippen LogP contribution is 2.22. The predicted molar refractivity (Wildman–Crippen MR) is 91.7 cm³/mol. The molecule has 0 atom stereocenters. The quantitative estimate of drug-likeness (QED) is 0.870. The van der Waals surface area contributed by atoms with Gasteiger partial charge in [0.05, 0.1) is 0 Å². The predicted octanol–water partition coefficient (Wildman–Crippen LogP) is 3.24. The monoisotopic (exact) mass is 296 g/mol. The normalized spacial score (nSPS) is 15.5. The zero-order valence-corrected chi connectivity index (χ0v) is 13.7. The molecule has 2 aromatic rings. The molecule has 0 amide bonds. The Morgan fingerprint density at radius 1 is 0.955 bits per heavy atom. The summed E-state index contributed by atoms with van der Waals surface area (Å²) in [6.45, 7) is 10.5. The highest BCUT2D eigenvalue weighted by atomic mass is 15.3. The van der Waals surface area contributed by atoms with Crippen molar-refractivity contribution in [2.24, 2.45) is 0 Å². The van der Waals surface area contributed by atoms with Crippen LogP contribution in [0.1, 0.15) is 31.2 Å². The first-order valence-electron chi connectivity index (χ1n) is 8.03. The largest absolute Gasteiger partial charge is 0.368 e. The molecule has 1 saturated heterocycles. The Morgan fingerprint density at radius 2 is 1.64 bits per heavy atom. The molecule has 1 aliphatic rings. The highest BCUT2D eigenvalue weighted by Gasteiger charge is 2.19. The fourth-order valence-corrected chi connectivity index (χ4v) is 2.91. The highest BCUT2D eigenvalue weighted by molar-refractivity contribution is 5.54. The van der Waals surface area contributed by atoms with Crippen LogP contribution in [0, 0.1) is 6.92 Å². The number of para-hydroxylation sites is 1. The van der Waals surface area contributed by atoms with Crippen molar-refractivity contribution in [1.29, 1.82) is 0 Å². The van der Waals surface area contributed by atoms with E-state index in [1.807, 2.05) is 12.3 Å². The van der Waals surface area contributed by atoms with E-state index in [-0.39, 0.29) is 0 Å². The van der Waals surface area contributed by atoms with Crippen LogP contribution >= 0.6 is 0 Å². The molecule has 4 nitrogen and oxygen atoms in total. The third-order valence-corrected chi connectivity index (χ3v) is 4.24. The Balaban J connectivity index is 1.69. The topological polar surface area (TPSA) is 32.3 Å². The number of aromatic nitrogens is 2. The molecule has 0 unspecified atom stereocenters. The minimum atomic E-state index is 0.369. The van der Waals surface area contributed by atoms with E-state index in [4.69, 9.17) is 4.98 Å². The van der Waals surface area contributed by atoms with E-state index < -0.39 is 0 Å². The van der Waals surface area contributed by atoms with Gasteiger partial charge in [0.15, 0.2) is 0 Å². The molecule has 1 aromatic heterocycles. The number of piperazine rings is 1. The molecule has 0 radical (unpaired) electrons. The molecule has 0 aliphatic carbocycles. The van der Waals surface area contributed by atoms with Crippen molar-refractivity contribution in [3.63, 3.8) is 0 Å². The second-order valence-corrected chi connectivity index (χ2v) is 6.19. The zero-order valence-electron chi connectivity index (χ0n) is 13.7. The number of aryl methyl sites for hydroxylation is 1. The van der Waals surface area contributed by atoms with E-state index in [1.54, 1.807) is 0 Å². The van der Waals surface area contributed by atoms with Crippen molar-refractivity contribution >= 4 is 11.5 Å². The molecule has 1 aromatic carbocycles. The Kier molecular flexibility index (Phi) is 4.27. The lowest BCUT2D eigenvalue weighted by molar-refractivity contribution is 0.641. The van der Waals surface area contributed by atoms with Crippen LogP contribution in [0.5, 0.6) is 0 Å². The van der Waals surface area contributed by atoms with Gasteiger partial charge in [0.1, 0.15) is 11.6 Å². The average molecular weight is 296 g/mol. The van der Waals surface area contributed by atoms with Crippen molar-refractivity contribution in [3.05, 3.63) is 47.9 Å². The van der Waals surface area contributed by atoms with Crippen molar-refractivity contribution in [1.82, 2.24) is 9.97 Å². The minimum Gasteiger partial charge on any atom is -0.368 e. The average Bonchev–Trinajstić information content (AvgIpc) is 2.56. The van der Waals surface area contributed by atoms with Gasteiger partial charge in [-0.15, -0.1) is 0 Å². The Labute approximate surface area is 132 Å². The van der Waals surface area contributed by atoms with Crippen LogP contribution in [0.15, 0.2) is 36.5 Å². The summed E-state index contributed by atoms with van der Waals surface area (Å²) >= 11 is 0. The van der Waals surface area contributed by atoms with Crippen LogP contribution in [0.2, 0.25) is 0 Å². The standard InChI is InChI=1S/C18H24N4/c1-14(2)18-19-9-8-17(20-18)22-12-10-21(11-13-22)16-7-5-4-6-15(16)3/h4-9,14H,10-13H2,1-3H3. The maximum atomic E-state index is 4.71. The molecule has 1 fully saturated rings. The summed E-state index contributed by atoms with van der Waals surface area (Å²) in [5.74, 6) is 2.36. The van der Waals surface area contributed by atoms with Gasteiger partial charge in [0.2, 0.25) is 0 Å². The van der Waals surface area contributed by atoms with E-state index in [9.17, 15) is 0 Å². The van der Waals surface area contributed by atoms with Gasteiger partial charge < -0.3 is 9.80 Å². The zero-order chi connectivity index (χ0) is 15.5. The Morgan fingerprint density at radius 3 is 2.32 bits per heavy atom. The van der Waals surface area contributed by atoms with Gasteiger partial charge in [0, 0.05) is 44.0 Å². The molecule has 22 heavy (non-hydrogen) atoms. The second-order valence-electron chi connectivity index (χ2n) is 6.19. The first kappa shape index (κ1) is 14.8. The van der Waals surface area contributed by atoms with Crippen LogP contribution in [0.25, 0.3) is 0 Å². The maximum Gasteiger partial charge on any atom is 0.133 e. The number of benzene rings is 1. The van der Waals surface area contributed by atoms with Gasteiger partial charge in [-0.1, -0.05) is 32.0 Å². The first-order chi connectivity index (χ1) is 10.6. The molecular formula is C18H24N4. The summed E-state index contributed by atoms with van der Waals surface area (Å²) in [4.78, 5) is 13.9. The smallest absolute Gasteiger partial charge is 0.133 e. The molecular weight excluding hydrogens is 272 g/mol. The summed E-state index contributed by atoms with van der Waals surface area (Å²) in [6.07, 6.45) is 1.88. The molecule has 0 saturated carbocycles. The van der Waals surface area contributed by atoms with Gasteiger partial charge in [-0.2, -0.15) is 0 Å². The molecule has 4 heteroatoms. The van der Waals surface area contributed by atoms with Crippen molar-refractivity contribution in [3.8, 4) is 0 Å². The lowest BCUT2D eigenvalue weighted by Gasteiger charge is -2.37. The lowest BCUT2D eigenvalue weighted by atomic mass is 10.1. The molecule has 0 N–H and O–H groups in total. The van der Waals surface area contributed by atoms with Gasteiger partial charge in [0.25, 0.3) is 0 Å². The third-order valence-electron chi connectivity index (χ3n) is 4.24. The molecule has 0 bridgehead atoms. The minimum absolute atomic E-state index is 0.369. The summed E-state index contributed by atoms with van der Waals surface area (Å²) in [5, 5.41) is 0. The SMILES string of the molecule is Cc1ccccc1N1CCN(c2ccnc(C(C)C)n2)CC1. The van der Waals surface area contributed by atoms with Crippen LogP contribution in [0.4, 0.5) is 11.5 Å².